The minimum atomic E-state index is -1.06. The zero-order valence-electron chi connectivity index (χ0n) is 16.5. The third kappa shape index (κ3) is 3.70. The Morgan fingerprint density at radius 3 is 2.68 bits per heavy atom. The molecule has 2 aromatic rings. The molecule has 0 unspecified atom stereocenters. The normalized spacial score (nSPS) is 19.7. The van der Waals surface area contributed by atoms with Crippen molar-refractivity contribution in [3.05, 3.63) is 52.8 Å². The molecule has 2 aromatic carbocycles. The smallest absolute Gasteiger partial charge is 0.263 e. The van der Waals surface area contributed by atoms with E-state index in [4.69, 9.17) is 16.3 Å². The lowest BCUT2D eigenvalue weighted by atomic mass is 10.1. The number of nitrogens with one attached hydrogen (secondary N) is 1. The second-order valence-electron chi connectivity index (χ2n) is 7.04. The van der Waals surface area contributed by atoms with Gasteiger partial charge in [0.05, 0.1) is 17.8 Å². The highest BCUT2D eigenvalue weighted by atomic mass is 35.5. The van der Waals surface area contributed by atoms with Crippen LogP contribution in [0.1, 0.15) is 5.56 Å². The Morgan fingerprint density at radius 1 is 1.23 bits per heavy atom. The summed E-state index contributed by atoms with van der Waals surface area (Å²) in [6.45, 7) is 1.27. The molecule has 1 saturated heterocycles. The van der Waals surface area contributed by atoms with Gasteiger partial charge < -0.3 is 10.1 Å². The molecule has 4 rings (SSSR count). The maximum atomic E-state index is 13.7. The molecular weight excluding hydrogens is 429 g/mol. The Labute approximate surface area is 181 Å². The minimum Gasteiger partial charge on any atom is -0.495 e. The molecule has 0 spiro atoms. The fourth-order valence-electron chi connectivity index (χ4n) is 3.42. The summed E-state index contributed by atoms with van der Waals surface area (Å²) in [4.78, 5) is 39.1. The molecule has 2 atom stereocenters. The average molecular weight is 446 g/mol. The van der Waals surface area contributed by atoms with Crippen LogP contribution < -0.4 is 15.0 Å². The molecule has 160 valence electrons. The molecule has 2 aliphatic rings. The molecule has 1 N–H and O–H groups in total. The molecule has 1 fully saturated rings. The van der Waals surface area contributed by atoms with Gasteiger partial charge in [-0.25, -0.2) is 9.29 Å². The van der Waals surface area contributed by atoms with Gasteiger partial charge in [-0.2, -0.15) is 5.11 Å². The fraction of sp³-hybridized carbons (Fsp3) is 0.250. The van der Waals surface area contributed by atoms with Crippen molar-refractivity contribution in [2.75, 3.05) is 23.9 Å². The van der Waals surface area contributed by atoms with E-state index in [0.29, 0.717) is 11.3 Å². The highest BCUT2D eigenvalue weighted by Crippen LogP contribution is 2.35. The highest BCUT2D eigenvalue weighted by Gasteiger charge is 2.55. The third-order valence-electron chi connectivity index (χ3n) is 5.01. The van der Waals surface area contributed by atoms with Gasteiger partial charge in [0.1, 0.15) is 18.1 Å². The van der Waals surface area contributed by atoms with E-state index in [1.807, 2.05) is 0 Å². The molecule has 0 aliphatic carbocycles. The fourth-order valence-corrected chi connectivity index (χ4v) is 3.67. The number of methoxy groups -OCH3 is 1. The first kappa shape index (κ1) is 20.7. The van der Waals surface area contributed by atoms with Crippen LogP contribution in [0.3, 0.4) is 0 Å². The number of halogens is 2. The second-order valence-corrected chi connectivity index (χ2v) is 7.44. The van der Waals surface area contributed by atoms with Crippen molar-refractivity contribution in [2.24, 2.45) is 10.3 Å². The number of rotatable bonds is 5. The Morgan fingerprint density at radius 2 is 2.00 bits per heavy atom. The maximum absolute atomic E-state index is 13.7. The largest absolute Gasteiger partial charge is 0.495 e. The highest BCUT2D eigenvalue weighted by molar-refractivity contribution is 6.33. The van der Waals surface area contributed by atoms with E-state index in [1.165, 1.54) is 31.4 Å². The number of carbonyl (C=O) groups is 3. The van der Waals surface area contributed by atoms with Gasteiger partial charge in [0.25, 0.3) is 11.8 Å². The van der Waals surface area contributed by atoms with Crippen LogP contribution in [0.2, 0.25) is 5.02 Å². The standard InChI is InChI=1S/C20H17ClFN5O4/c1-10-3-4-11(7-14(10)22)23-16(28)9-26-18-17(24-25-26)19(29)27(20(18)30)12-5-6-15(31-2)13(21)8-12/h3-8,17-18H,9H2,1-2H3,(H,23,28)/t17-,18-/m1/s1. The van der Waals surface area contributed by atoms with Crippen molar-refractivity contribution >= 4 is 40.7 Å². The summed E-state index contributed by atoms with van der Waals surface area (Å²) in [6, 6.07) is 6.70. The second kappa shape index (κ2) is 7.95. The lowest BCUT2D eigenvalue weighted by molar-refractivity contribution is -0.123. The van der Waals surface area contributed by atoms with Gasteiger partial charge in [-0.15, -0.1) is 0 Å². The molecule has 2 heterocycles. The molecule has 0 bridgehead atoms. The summed E-state index contributed by atoms with van der Waals surface area (Å²) in [7, 11) is 1.45. The summed E-state index contributed by atoms with van der Waals surface area (Å²) in [6.07, 6.45) is 0. The number of ether oxygens (including phenoxy) is 1. The van der Waals surface area contributed by atoms with E-state index in [1.54, 1.807) is 19.1 Å². The Hall–Kier alpha value is -3.53. The molecular formula is C20H17ClFN5O4. The van der Waals surface area contributed by atoms with Gasteiger partial charge in [-0.3, -0.25) is 19.4 Å². The number of amides is 3. The van der Waals surface area contributed by atoms with Crippen LogP contribution in [0.5, 0.6) is 5.75 Å². The quantitative estimate of drug-likeness (QED) is 0.713. The first-order valence-electron chi connectivity index (χ1n) is 9.25. The van der Waals surface area contributed by atoms with Crippen LogP contribution in [0.15, 0.2) is 46.7 Å². The molecule has 2 aliphatic heterocycles. The van der Waals surface area contributed by atoms with E-state index in [9.17, 15) is 18.8 Å². The van der Waals surface area contributed by atoms with Crippen molar-refractivity contribution in [1.29, 1.82) is 0 Å². The summed E-state index contributed by atoms with van der Waals surface area (Å²) in [5, 5.41) is 11.6. The number of carbonyl (C=O) groups excluding carboxylic acids is 3. The lowest BCUT2D eigenvalue weighted by Gasteiger charge is -2.20. The van der Waals surface area contributed by atoms with E-state index < -0.39 is 35.6 Å². The van der Waals surface area contributed by atoms with Gasteiger partial charge in [0.2, 0.25) is 5.91 Å². The number of nitrogens with zero attached hydrogens (tertiary/aromatic N) is 4. The van der Waals surface area contributed by atoms with Crippen molar-refractivity contribution in [3.8, 4) is 5.75 Å². The number of benzene rings is 2. The maximum Gasteiger partial charge on any atom is 0.263 e. The monoisotopic (exact) mass is 445 g/mol. The lowest BCUT2D eigenvalue weighted by Crippen LogP contribution is -2.43. The average Bonchev–Trinajstić information content (AvgIpc) is 3.24. The molecule has 9 nitrogen and oxygen atoms in total. The van der Waals surface area contributed by atoms with Crippen LogP contribution in [0.4, 0.5) is 15.8 Å². The van der Waals surface area contributed by atoms with E-state index in [2.05, 4.69) is 15.7 Å². The van der Waals surface area contributed by atoms with E-state index in [0.717, 1.165) is 9.91 Å². The Kier molecular flexibility index (Phi) is 5.32. The SMILES string of the molecule is COc1ccc(N2C(=O)[C@@H]3N=NN(CC(=O)Nc4ccc(C)c(F)c4)[C@H]3C2=O)cc1Cl. The number of hydrogen-bond donors (Lipinski definition) is 1. The predicted octanol–water partition coefficient (Wildman–Crippen LogP) is 2.73. The third-order valence-corrected chi connectivity index (χ3v) is 5.31. The Bertz CT molecular complexity index is 1120. The molecule has 0 radical (unpaired) electrons. The minimum absolute atomic E-state index is 0.237. The van der Waals surface area contributed by atoms with Crippen molar-refractivity contribution in [2.45, 2.75) is 19.0 Å². The molecule has 31 heavy (non-hydrogen) atoms. The van der Waals surface area contributed by atoms with Gasteiger partial charge >= 0.3 is 0 Å². The first-order valence-corrected chi connectivity index (χ1v) is 9.62. The summed E-state index contributed by atoms with van der Waals surface area (Å²) in [5.74, 6) is -1.73. The number of hydrogen-bond acceptors (Lipinski definition) is 7. The molecule has 11 heteroatoms. The number of anilines is 2. The van der Waals surface area contributed by atoms with Crippen molar-refractivity contribution < 1.29 is 23.5 Å². The van der Waals surface area contributed by atoms with Crippen LogP contribution in [0.25, 0.3) is 0 Å². The van der Waals surface area contributed by atoms with E-state index in [-0.39, 0.29) is 22.9 Å². The van der Waals surface area contributed by atoms with Crippen LogP contribution in [-0.2, 0) is 14.4 Å². The summed E-state index contributed by atoms with van der Waals surface area (Å²) < 4.78 is 18.8. The van der Waals surface area contributed by atoms with Gasteiger partial charge in [-0.1, -0.05) is 22.9 Å². The number of imide groups is 1. The zero-order chi connectivity index (χ0) is 22.3. The molecule has 3 amide bonds. The van der Waals surface area contributed by atoms with Gasteiger partial charge in [-0.05, 0) is 42.8 Å². The van der Waals surface area contributed by atoms with Crippen LogP contribution in [0, 0.1) is 12.7 Å². The topological polar surface area (TPSA) is 104 Å². The number of aryl methyl sites for hydroxylation is 1. The van der Waals surface area contributed by atoms with Gasteiger partial charge in [0, 0.05) is 5.69 Å². The summed E-state index contributed by atoms with van der Waals surface area (Å²) in [5.41, 5.74) is 0.983. The van der Waals surface area contributed by atoms with Crippen LogP contribution >= 0.6 is 11.6 Å². The summed E-state index contributed by atoms with van der Waals surface area (Å²) >= 11 is 6.11. The Balaban J connectivity index is 1.49. The molecule has 0 saturated carbocycles. The first-order chi connectivity index (χ1) is 14.8. The molecule has 0 aromatic heterocycles. The van der Waals surface area contributed by atoms with Crippen molar-refractivity contribution in [1.82, 2.24) is 5.01 Å². The predicted molar refractivity (Wildman–Crippen MR) is 109 cm³/mol. The zero-order valence-corrected chi connectivity index (χ0v) is 17.3. The van der Waals surface area contributed by atoms with Crippen LogP contribution in [-0.4, -0.2) is 48.5 Å². The van der Waals surface area contributed by atoms with Crippen molar-refractivity contribution in [3.63, 3.8) is 0 Å². The van der Waals surface area contributed by atoms with Gasteiger partial charge in [0.15, 0.2) is 12.1 Å². The van der Waals surface area contributed by atoms with E-state index >= 15 is 0 Å². The number of fused-ring (bicyclic) bond motifs is 1.